The molecule has 0 saturated heterocycles. The van der Waals surface area contributed by atoms with Crippen molar-refractivity contribution in [2.24, 2.45) is 0 Å². The number of thiazole rings is 1. The quantitative estimate of drug-likeness (QED) is 0.776. The molecule has 1 aromatic carbocycles. The largest absolute Gasteiger partial charge is 0.467 e. The van der Waals surface area contributed by atoms with Crippen LogP contribution >= 0.6 is 11.3 Å². The van der Waals surface area contributed by atoms with Gasteiger partial charge in [0.25, 0.3) is 6.47 Å². The molecule has 0 saturated carbocycles. The van der Waals surface area contributed by atoms with E-state index in [2.05, 4.69) is 36.2 Å². The van der Waals surface area contributed by atoms with Crippen molar-refractivity contribution in [2.75, 3.05) is 6.61 Å². The van der Waals surface area contributed by atoms with Crippen LogP contribution in [0.25, 0.3) is 0 Å². The second-order valence-electron chi connectivity index (χ2n) is 4.19. The summed E-state index contributed by atoms with van der Waals surface area (Å²) in [4.78, 5) is 15.8. The lowest BCUT2D eigenvalue weighted by Gasteiger charge is -2.15. The molecule has 1 unspecified atom stereocenters. The Bertz CT molecular complexity index is 519. The van der Waals surface area contributed by atoms with Crippen molar-refractivity contribution in [1.29, 1.82) is 0 Å². The van der Waals surface area contributed by atoms with E-state index in [1.807, 2.05) is 12.4 Å². The van der Waals surface area contributed by atoms with Crippen molar-refractivity contribution in [2.45, 2.75) is 19.8 Å². The standard InChI is InChI=1S/C14H15NO2S/c1-10-3-5-12(6-4-10)13(7-17-9-16)14-11(2)15-8-18-14/h3-6,8-9,13H,7H2,1-2H3. The molecular weight excluding hydrogens is 246 g/mol. The molecule has 2 aromatic rings. The van der Waals surface area contributed by atoms with Gasteiger partial charge in [-0.2, -0.15) is 0 Å². The lowest BCUT2D eigenvalue weighted by Crippen LogP contribution is -2.09. The fourth-order valence-electron chi connectivity index (χ4n) is 1.90. The summed E-state index contributed by atoms with van der Waals surface area (Å²) in [6, 6.07) is 8.29. The fraction of sp³-hybridized carbons (Fsp3) is 0.286. The van der Waals surface area contributed by atoms with E-state index >= 15 is 0 Å². The first-order chi connectivity index (χ1) is 8.72. The SMILES string of the molecule is Cc1ccc(C(COC=O)c2scnc2C)cc1. The summed E-state index contributed by atoms with van der Waals surface area (Å²) in [7, 11) is 0. The van der Waals surface area contributed by atoms with Crippen LogP contribution in [0.15, 0.2) is 29.8 Å². The molecule has 18 heavy (non-hydrogen) atoms. The highest BCUT2D eigenvalue weighted by atomic mass is 32.1. The van der Waals surface area contributed by atoms with Gasteiger partial charge >= 0.3 is 0 Å². The number of aromatic nitrogens is 1. The highest BCUT2D eigenvalue weighted by Crippen LogP contribution is 2.30. The van der Waals surface area contributed by atoms with Crippen LogP contribution in [0.1, 0.15) is 27.6 Å². The van der Waals surface area contributed by atoms with Gasteiger partial charge in [-0.3, -0.25) is 4.79 Å². The molecule has 0 spiro atoms. The molecule has 94 valence electrons. The number of aryl methyl sites for hydroxylation is 2. The van der Waals surface area contributed by atoms with Crippen LogP contribution in [0.5, 0.6) is 0 Å². The van der Waals surface area contributed by atoms with E-state index in [0.29, 0.717) is 13.1 Å². The average molecular weight is 261 g/mol. The predicted octanol–water partition coefficient (Wildman–Crippen LogP) is 3.06. The van der Waals surface area contributed by atoms with Crippen LogP contribution in [0.3, 0.4) is 0 Å². The van der Waals surface area contributed by atoms with E-state index in [9.17, 15) is 4.79 Å². The van der Waals surface area contributed by atoms with Crippen LogP contribution in [0, 0.1) is 13.8 Å². The Morgan fingerprint density at radius 3 is 2.61 bits per heavy atom. The Hall–Kier alpha value is -1.68. The van der Waals surface area contributed by atoms with Crippen LogP contribution in [0.2, 0.25) is 0 Å². The topological polar surface area (TPSA) is 39.2 Å². The van der Waals surface area contributed by atoms with Gasteiger partial charge in [0, 0.05) is 4.88 Å². The van der Waals surface area contributed by atoms with Crippen LogP contribution < -0.4 is 0 Å². The van der Waals surface area contributed by atoms with Crippen molar-refractivity contribution in [3.63, 3.8) is 0 Å². The van der Waals surface area contributed by atoms with Gasteiger partial charge in [-0.1, -0.05) is 29.8 Å². The maximum Gasteiger partial charge on any atom is 0.293 e. The molecule has 0 amide bonds. The zero-order valence-corrected chi connectivity index (χ0v) is 11.2. The second-order valence-corrected chi connectivity index (χ2v) is 5.08. The van der Waals surface area contributed by atoms with Gasteiger partial charge in [0.15, 0.2) is 0 Å². The van der Waals surface area contributed by atoms with E-state index in [1.54, 1.807) is 11.3 Å². The van der Waals surface area contributed by atoms with Crippen LogP contribution in [-0.4, -0.2) is 18.1 Å². The minimum Gasteiger partial charge on any atom is -0.467 e. The smallest absolute Gasteiger partial charge is 0.293 e. The number of nitrogens with zero attached hydrogens (tertiary/aromatic N) is 1. The summed E-state index contributed by atoms with van der Waals surface area (Å²) in [6.45, 7) is 4.89. The molecule has 0 aliphatic carbocycles. The average Bonchev–Trinajstić information content (AvgIpc) is 2.78. The van der Waals surface area contributed by atoms with Gasteiger partial charge < -0.3 is 4.74 Å². The Morgan fingerprint density at radius 1 is 1.33 bits per heavy atom. The van der Waals surface area contributed by atoms with E-state index in [1.165, 1.54) is 5.56 Å². The molecule has 0 aliphatic rings. The molecule has 0 radical (unpaired) electrons. The molecule has 1 heterocycles. The Labute approximate surface area is 110 Å². The number of rotatable bonds is 5. The molecule has 1 atom stereocenters. The van der Waals surface area contributed by atoms with E-state index < -0.39 is 0 Å². The lowest BCUT2D eigenvalue weighted by molar-refractivity contribution is -0.128. The molecule has 0 aliphatic heterocycles. The first-order valence-electron chi connectivity index (χ1n) is 5.74. The third-order valence-electron chi connectivity index (χ3n) is 2.91. The third-order valence-corrected chi connectivity index (χ3v) is 3.95. The van der Waals surface area contributed by atoms with Gasteiger partial charge in [0.2, 0.25) is 0 Å². The zero-order chi connectivity index (χ0) is 13.0. The molecule has 4 heteroatoms. The number of hydrogen-bond donors (Lipinski definition) is 0. The maximum atomic E-state index is 10.4. The summed E-state index contributed by atoms with van der Waals surface area (Å²) in [5, 5.41) is 0. The van der Waals surface area contributed by atoms with Crippen LogP contribution in [-0.2, 0) is 9.53 Å². The van der Waals surface area contributed by atoms with Crippen molar-refractivity contribution in [3.8, 4) is 0 Å². The molecule has 2 rings (SSSR count). The number of ether oxygens (including phenoxy) is 1. The Kier molecular flexibility index (Phi) is 4.10. The van der Waals surface area contributed by atoms with Gasteiger partial charge in [-0.05, 0) is 19.4 Å². The number of benzene rings is 1. The first kappa shape index (κ1) is 12.8. The van der Waals surface area contributed by atoms with Crippen LogP contribution in [0.4, 0.5) is 0 Å². The minimum absolute atomic E-state index is 0.0725. The van der Waals surface area contributed by atoms with E-state index in [-0.39, 0.29) is 5.92 Å². The normalized spacial score (nSPS) is 12.1. The highest BCUT2D eigenvalue weighted by Gasteiger charge is 2.19. The van der Waals surface area contributed by atoms with Crippen molar-refractivity contribution in [3.05, 3.63) is 51.5 Å². The Balaban J connectivity index is 2.33. The van der Waals surface area contributed by atoms with Crippen molar-refractivity contribution in [1.82, 2.24) is 4.98 Å². The second kappa shape index (κ2) is 5.78. The molecular formula is C14H15NO2S. The predicted molar refractivity (Wildman–Crippen MR) is 71.9 cm³/mol. The van der Waals surface area contributed by atoms with Crippen molar-refractivity contribution < 1.29 is 9.53 Å². The maximum absolute atomic E-state index is 10.4. The molecule has 3 nitrogen and oxygen atoms in total. The molecule has 0 bridgehead atoms. The molecule has 0 N–H and O–H groups in total. The third kappa shape index (κ3) is 2.76. The summed E-state index contributed by atoms with van der Waals surface area (Å²) >= 11 is 1.60. The minimum atomic E-state index is 0.0725. The number of carbonyl (C=O) groups excluding carboxylic acids is 1. The first-order valence-corrected chi connectivity index (χ1v) is 6.62. The van der Waals surface area contributed by atoms with Crippen molar-refractivity contribution >= 4 is 17.8 Å². The zero-order valence-electron chi connectivity index (χ0n) is 10.4. The van der Waals surface area contributed by atoms with Gasteiger partial charge in [0.05, 0.1) is 17.1 Å². The summed E-state index contributed by atoms with van der Waals surface area (Å²) < 4.78 is 4.96. The van der Waals surface area contributed by atoms with Gasteiger partial charge in [-0.25, -0.2) is 4.98 Å². The summed E-state index contributed by atoms with van der Waals surface area (Å²) in [6.07, 6.45) is 0. The van der Waals surface area contributed by atoms with E-state index in [0.717, 1.165) is 16.1 Å². The Morgan fingerprint density at radius 2 is 2.06 bits per heavy atom. The monoisotopic (exact) mass is 261 g/mol. The lowest BCUT2D eigenvalue weighted by atomic mass is 9.96. The highest BCUT2D eigenvalue weighted by molar-refractivity contribution is 7.09. The summed E-state index contributed by atoms with van der Waals surface area (Å²) in [5.41, 5.74) is 5.19. The van der Waals surface area contributed by atoms with Gasteiger partial charge in [0.1, 0.15) is 6.61 Å². The molecule has 1 aromatic heterocycles. The van der Waals surface area contributed by atoms with E-state index in [4.69, 9.17) is 4.74 Å². The summed E-state index contributed by atoms with van der Waals surface area (Å²) in [5.74, 6) is 0.0725. The number of hydrogen-bond acceptors (Lipinski definition) is 4. The number of carbonyl (C=O) groups is 1. The van der Waals surface area contributed by atoms with Gasteiger partial charge in [-0.15, -0.1) is 11.3 Å². The fourth-order valence-corrected chi connectivity index (χ4v) is 2.82. The molecule has 0 fully saturated rings.